The topological polar surface area (TPSA) is 76.0 Å². The summed E-state index contributed by atoms with van der Waals surface area (Å²) in [5.74, 6) is -0.474. The summed E-state index contributed by atoms with van der Waals surface area (Å²) in [4.78, 5) is 23.9. The van der Waals surface area contributed by atoms with Gasteiger partial charge in [0.1, 0.15) is 0 Å². The number of hydrogen-bond donors (Lipinski definition) is 2. The Morgan fingerprint density at radius 3 is 2.78 bits per heavy atom. The third-order valence-electron chi connectivity index (χ3n) is 3.75. The fourth-order valence-electron chi connectivity index (χ4n) is 2.37. The maximum atomic E-state index is 12.3. The second kappa shape index (κ2) is 6.42. The Morgan fingerprint density at radius 2 is 2.13 bits per heavy atom. The minimum Gasteiger partial charge on any atom is -0.273 e. The van der Waals surface area contributed by atoms with Gasteiger partial charge < -0.3 is 0 Å². The molecule has 1 saturated carbocycles. The molecule has 1 aliphatic carbocycles. The van der Waals surface area contributed by atoms with Crippen molar-refractivity contribution in [3.05, 3.63) is 46.7 Å². The largest absolute Gasteiger partial charge is 0.273 e. The first-order chi connectivity index (χ1) is 11.1. The zero-order valence-corrected chi connectivity index (χ0v) is 13.4. The van der Waals surface area contributed by atoms with Gasteiger partial charge in [-0.25, -0.2) is 4.68 Å². The van der Waals surface area contributed by atoms with Crippen LogP contribution >= 0.6 is 11.6 Å². The van der Waals surface area contributed by atoms with Gasteiger partial charge in [-0.3, -0.25) is 20.4 Å². The summed E-state index contributed by atoms with van der Waals surface area (Å²) in [5, 5.41) is 4.88. The standard InChI is InChI=1S/C16H17ClN4O2/c1-2-14-13(16(23)20-19-15(22)10-6-7-10)9-18-21(14)12-5-3-4-11(17)8-12/h3-5,8-10H,2,6-7H2,1H3,(H,19,22)(H,20,23). The molecule has 2 aromatic rings. The van der Waals surface area contributed by atoms with E-state index in [0.717, 1.165) is 24.2 Å². The molecule has 6 nitrogen and oxygen atoms in total. The molecule has 0 spiro atoms. The monoisotopic (exact) mass is 332 g/mol. The van der Waals surface area contributed by atoms with E-state index < -0.39 is 0 Å². The molecule has 1 fully saturated rings. The SMILES string of the molecule is CCc1c(C(=O)NNC(=O)C2CC2)cnn1-c1cccc(Cl)c1. The van der Waals surface area contributed by atoms with Gasteiger partial charge in [0.05, 0.1) is 23.1 Å². The van der Waals surface area contributed by atoms with E-state index in [1.165, 1.54) is 6.20 Å². The Bertz CT molecular complexity index is 752. The Morgan fingerprint density at radius 1 is 1.35 bits per heavy atom. The maximum Gasteiger partial charge on any atom is 0.273 e. The van der Waals surface area contributed by atoms with Crippen LogP contribution in [0.2, 0.25) is 5.02 Å². The van der Waals surface area contributed by atoms with Gasteiger partial charge in [0.2, 0.25) is 5.91 Å². The number of aromatic nitrogens is 2. The first kappa shape index (κ1) is 15.6. The second-order valence-corrected chi connectivity index (χ2v) is 5.90. The van der Waals surface area contributed by atoms with Crippen LogP contribution in [0, 0.1) is 5.92 Å². The van der Waals surface area contributed by atoms with Gasteiger partial charge >= 0.3 is 0 Å². The number of hydrazine groups is 1. The van der Waals surface area contributed by atoms with Gasteiger partial charge in [-0.1, -0.05) is 24.6 Å². The molecule has 1 aromatic carbocycles. The summed E-state index contributed by atoms with van der Waals surface area (Å²) in [6.07, 6.45) is 3.88. The lowest BCUT2D eigenvalue weighted by atomic mass is 10.2. The lowest BCUT2D eigenvalue weighted by Crippen LogP contribution is -2.42. The molecule has 0 bridgehead atoms. The van der Waals surface area contributed by atoms with Gasteiger partial charge in [0.15, 0.2) is 0 Å². The summed E-state index contributed by atoms with van der Waals surface area (Å²) in [6, 6.07) is 7.26. The molecule has 0 aliphatic heterocycles. The van der Waals surface area contributed by atoms with Crippen LogP contribution in [-0.4, -0.2) is 21.6 Å². The minimum atomic E-state index is -0.371. The van der Waals surface area contributed by atoms with E-state index in [0.29, 0.717) is 17.0 Å². The number of rotatable bonds is 4. The van der Waals surface area contributed by atoms with Crippen molar-refractivity contribution < 1.29 is 9.59 Å². The quantitative estimate of drug-likeness (QED) is 0.843. The first-order valence-electron chi connectivity index (χ1n) is 7.53. The normalized spacial score (nSPS) is 13.7. The van der Waals surface area contributed by atoms with Crippen molar-refractivity contribution in [1.82, 2.24) is 20.6 Å². The summed E-state index contributed by atoms with van der Waals surface area (Å²) in [6.45, 7) is 1.94. The third kappa shape index (κ3) is 3.37. The molecule has 2 amide bonds. The van der Waals surface area contributed by atoms with Crippen LogP contribution < -0.4 is 10.9 Å². The molecule has 1 aromatic heterocycles. The number of carbonyl (C=O) groups excluding carboxylic acids is 2. The Kier molecular flexibility index (Phi) is 4.34. The van der Waals surface area contributed by atoms with Crippen molar-refractivity contribution in [2.45, 2.75) is 26.2 Å². The predicted octanol–water partition coefficient (Wildman–Crippen LogP) is 2.26. The number of hydrogen-bond acceptors (Lipinski definition) is 3. The lowest BCUT2D eigenvalue weighted by molar-refractivity contribution is -0.123. The number of amides is 2. The van der Waals surface area contributed by atoms with Crippen LogP contribution in [-0.2, 0) is 11.2 Å². The van der Waals surface area contributed by atoms with Crippen LogP contribution in [0.1, 0.15) is 35.8 Å². The van der Waals surface area contributed by atoms with Crippen molar-refractivity contribution in [2.24, 2.45) is 5.92 Å². The van der Waals surface area contributed by atoms with Crippen molar-refractivity contribution in [2.75, 3.05) is 0 Å². The number of carbonyl (C=O) groups is 2. The van der Waals surface area contributed by atoms with Gasteiger partial charge in [-0.05, 0) is 37.5 Å². The smallest absolute Gasteiger partial charge is 0.273 e. The molecule has 0 saturated heterocycles. The van der Waals surface area contributed by atoms with Crippen molar-refractivity contribution in [3.63, 3.8) is 0 Å². The van der Waals surface area contributed by atoms with Gasteiger partial charge in [-0.15, -0.1) is 0 Å². The molecule has 7 heteroatoms. The highest BCUT2D eigenvalue weighted by molar-refractivity contribution is 6.30. The van der Waals surface area contributed by atoms with Crippen LogP contribution in [0.4, 0.5) is 0 Å². The molecular formula is C16H17ClN4O2. The number of benzene rings is 1. The molecule has 0 unspecified atom stereocenters. The number of nitrogens with one attached hydrogen (secondary N) is 2. The molecule has 1 heterocycles. The lowest BCUT2D eigenvalue weighted by Gasteiger charge is -2.09. The Labute approximate surface area is 138 Å². The summed E-state index contributed by atoms with van der Waals surface area (Å²) >= 11 is 6.01. The molecule has 120 valence electrons. The zero-order chi connectivity index (χ0) is 16.4. The van der Waals surface area contributed by atoms with Gasteiger partial charge in [-0.2, -0.15) is 5.10 Å². The van der Waals surface area contributed by atoms with Crippen molar-refractivity contribution in [1.29, 1.82) is 0 Å². The average molecular weight is 333 g/mol. The second-order valence-electron chi connectivity index (χ2n) is 5.47. The Balaban J connectivity index is 1.79. The fraction of sp³-hybridized carbons (Fsp3) is 0.312. The minimum absolute atomic E-state index is 0.0372. The summed E-state index contributed by atoms with van der Waals surface area (Å²) in [5.41, 5.74) is 6.89. The van der Waals surface area contributed by atoms with E-state index in [-0.39, 0.29) is 17.7 Å². The highest BCUT2D eigenvalue weighted by atomic mass is 35.5. The summed E-state index contributed by atoms with van der Waals surface area (Å²) in [7, 11) is 0. The van der Waals surface area contributed by atoms with E-state index in [4.69, 9.17) is 11.6 Å². The molecule has 3 rings (SSSR count). The molecule has 23 heavy (non-hydrogen) atoms. The van der Waals surface area contributed by atoms with Crippen LogP contribution in [0.5, 0.6) is 0 Å². The third-order valence-corrected chi connectivity index (χ3v) is 3.98. The highest BCUT2D eigenvalue weighted by Gasteiger charge is 2.30. The first-order valence-corrected chi connectivity index (χ1v) is 7.91. The zero-order valence-electron chi connectivity index (χ0n) is 12.7. The highest BCUT2D eigenvalue weighted by Crippen LogP contribution is 2.28. The number of halogens is 1. The molecule has 1 aliphatic rings. The van der Waals surface area contributed by atoms with Gasteiger partial charge in [0, 0.05) is 10.9 Å². The fourth-order valence-corrected chi connectivity index (χ4v) is 2.55. The predicted molar refractivity (Wildman–Crippen MR) is 86.3 cm³/mol. The van der Waals surface area contributed by atoms with Gasteiger partial charge in [0.25, 0.3) is 5.91 Å². The van der Waals surface area contributed by atoms with E-state index in [9.17, 15) is 9.59 Å². The Hall–Kier alpha value is -2.34. The maximum absolute atomic E-state index is 12.3. The molecular weight excluding hydrogens is 316 g/mol. The van der Waals surface area contributed by atoms with Crippen molar-refractivity contribution in [3.8, 4) is 5.69 Å². The van der Waals surface area contributed by atoms with Crippen LogP contribution in [0.15, 0.2) is 30.5 Å². The van der Waals surface area contributed by atoms with E-state index >= 15 is 0 Å². The number of nitrogens with zero attached hydrogens (tertiary/aromatic N) is 2. The molecule has 0 atom stereocenters. The summed E-state index contributed by atoms with van der Waals surface area (Å²) < 4.78 is 1.68. The average Bonchev–Trinajstić information content (AvgIpc) is 3.31. The molecule has 0 radical (unpaired) electrons. The van der Waals surface area contributed by atoms with Crippen LogP contribution in [0.25, 0.3) is 5.69 Å². The van der Waals surface area contributed by atoms with E-state index in [1.807, 2.05) is 19.1 Å². The van der Waals surface area contributed by atoms with E-state index in [1.54, 1.807) is 16.8 Å². The van der Waals surface area contributed by atoms with Crippen LogP contribution in [0.3, 0.4) is 0 Å². The van der Waals surface area contributed by atoms with Crippen molar-refractivity contribution >= 4 is 23.4 Å². The molecule has 2 N–H and O–H groups in total. The van der Waals surface area contributed by atoms with E-state index in [2.05, 4.69) is 16.0 Å².